The van der Waals surface area contributed by atoms with Gasteiger partial charge in [-0.25, -0.2) is 4.68 Å². The van der Waals surface area contributed by atoms with Crippen LogP contribution in [-0.4, -0.2) is 49.7 Å². The number of nitrogens with one attached hydrogen (secondary N) is 1. The predicted molar refractivity (Wildman–Crippen MR) is 121 cm³/mol. The minimum atomic E-state index is -0.446. The van der Waals surface area contributed by atoms with Gasteiger partial charge >= 0.3 is 0 Å². The average Bonchev–Trinajstić information content (AvgIpc) is 2.95. The van der Waals surface area contributed by atoms with E-state index in [1.54, 1.807) is 25.6 Å². The van der Waals surface area contributed by atoms with Crippen LogP contribution in [0.1, 0.15) is 38.8 Å². The Kier molecular flexibility index (Phi) is 7.07. The molecule has 2 unspecified atom stereocenters. The van der Waals surface area contributed by atoms with Crippen LogP contribution in [-0.2, 0) is 16.6 Å². The first-order valence-corrected chi connectivity index (χ1v) is 11.4. The number of piperidine rings is 1. The summed E-state index contributed by atoms with van der Waals surface area (Å²) in [4.78, 5) is 40.1. The van der Waals surface area contributed by atoms with Crippen LogP contribution in [0.2, 0.25) is 0 Å². The topological polar surface area (TPSA) is 76.3 Å². The van der Waals surface area contributed by atoms with Crippen LogP contribution in [0.15, 0.2) is 35.1 Å². The van der Waals surface area contributed by atoms with Gasteiger partial charge in [0.1, 0.15) is 5.69 Å². The van der Waals surface area contributed by atoms with Crippen molar-refractivity contribution in [2.75, 3.05) is 17.6 Å². The maximum atomic E-state index is 12.9. The predicted octanol–water partition coefficient (Wildman–Crippen LogP) is 2.95. The second-order valence-corrected chi connectivity index (χ2v) is 9.14. The van der Waals surface area contributed by atoms with Crippen molar-refractivity contribution in [3.63, 3.8) is 0 Å². The Bertz CT molecular complexity index is 967. The number of anilines is 1. The molecule has 1 aromatic carbocycles. The van der Waals surface area contributed by atoms with Gasteiger partial charge in [0.25, 0.3) is 5.56 Å². The highest BCUT2D eigenvalue weighted by molar-refractivity contribution is 8.01. The third-order valence-electron chi connectivity index (χ3n) is 5.75. The first-order valence-electron chi connectivity index (χ1n) is 10.4. The normalized spacial score (nSPS) is 17.6. The summed E-state index contributed by atoms with van der Waals surface area (Å²) in [5.41, 5.74) is 1.41. The fourth-order valence-corrected chi connectivity index (χ4v) is 4.53. The van der Waals surface area contributed by atoms with E-state index in [1.807, 2.05) is 35.2 Å². The molecule has 162 valence electrons. The number of rotatable bonds is 6. The molecular formula is C22H30N4O3S. The van der Waals surface area contributed by atoms with E-state index >= 15 is 0 Å². The number of hydrogen-bond acceptors (Lipinski definition) is 4. The smallest absolute Gasteiger partial charge is 0.295 e. The number of nitrogens with zero attached hydrogens (tertiary/aromatic N) is 3. The lowest BCUT2D eigenvalue weighted by molar-refractivity contribution is -0.131. The van der Waals surface area contributed by atoms with Gasteiger partial charge in [-0.2, -0.15) is 0 Å². The molecule has 1 saturated heterocycles. The molecule has 2 aromatic rings. The molecule has 1 fully saturated rings. The Balaban J connectivity index is 1.66. The molecule has 2 heterocycles. The number of hydrogen-bond donors (Lipinski definition) is 1. The zero-order valence-corrected chi connectivity index (χ0v) is 18.9. The summed E-state index contributed by atoms with van der Waals surface area (Å²) < 4.78 is 3.26. The summed E-state index contributed by atoms with van der Waals surface area (Å²) in [5, 5.41) is 2.34. The zero-order chi connectivity index (χ0) is 21.8. The highest BCUT2D eigenvalue weighted by atomic mass is 32.2. The molecule has 30 heavy (non-hydrogen) atoms. The number of thioether (sulfide) groups is 1. The first-order chi connectivity index (χ1) is 14.3. The summed E-state index contributed by atoms with van der Waals surface area (Å²) in [6.07, 6.45) is 3.24. The maximum absolute atomic E-state index is 12.9. The second-order valence-electron chi connectivity index (χ2n) is 7.81. The fourth-order valence-electron chi connectivity index (χ4n) is 3.76. The molecule has 7 nitrogen and oxygen atoms in total. The lowest BCUT2D eigenvalue weighted by Crippen LogP contribution is -2.43. The van der Waals surface area contributed by atoms with Crippen LogP contribution in [0, 0.1) is 6.92 Å². The minimum absolute atomic E-state index is 0.0779. The van der Waals surface area contributed by atoms with E-state index < -0.39 is 5.25 Å². The number of benzene rings is 1. The van der Waals surface area contributed by atoms with E-state index in [0.29, 0.717) is 5.69 Å². The van der Waals surface area contributed by atoms with Crippen molar-refractivity contribution in [1.82, 2.24) is 14.3 Å². The number of likely N-dealkylation sites (tertiary alicyclic amines) is 1. The number of carbonyl (C=O) groups is 2. The SMILES string of the molecule is Cc1c(NC(=O)C(C)SCC(=O)N2CCCCC2C)c(=O)n(-c2ccccc2)n1C. The summed E-state index contributed by atoms with van der Waals surface area (Å²) >= 11 is 1.31. The molecule has 0 saturated carbocycles. The van der Waals surface area contributed by atoms with Crippen molar-refractivity contribution in [2.24, 2.45) is 7.05 Å². The van der Waals surface area contributed by atoms with Crippen LogP contribution in [0.5, 0.6) is 0 Å². The highest BCUT2D eigenvalue weighted by Gasteiger charge is 2.25. The Morgan fingerprint density at radius 3 is 2.60 bits per heavy atom. The molecule has 1 N–H and O–H groups in total. The minimum Gasteiger partial charge on any atom is -0.339 e. The highest BCUT2D eigenvalue weighted by Crippen LogP contribution is 2.20. The number of carbonyl (C=O) groups excluding carboxylic acids is 2. The van der Waals surface area contributed by atoms with Gasteiger partial charge in [0, 0.05) is 19.6 Å². The molecular weight excluding hydrogens is 400 g/mol. The summed E-state index contributed by atoms with van der Waals surface area (Å²) in [6, 6.07) is 9.57. The van der Waals surface area contributed by atoms with Gasteiger partial charge in [-0.3, -0.25) is 19.1 Å². The molecule has 3 rings (SSSR count). The van der Waals surface area contributed by atoms with Gasteiger partial charge in [0.15, 0.2) is 0 Å². The van der Waals surface area contributed by atoms with E-state index in [9.17, 15) is 14.4 Å². The Hall–Kier alpha value is -2.48. The van der Waals surface area contributed by atoms with Crippen LogP contribution in [0.3, 0.4) is 0 Å². The van der Waals surface area contributed by atoms with E-state index in [2.05, 4.69) is 12.2 Å². The quantitative estimate of drug-likeness (QED) is 0.765. The van der Waals surface area contributed by atoms with Crippen molar-refractivity contribution >= 4 is 29.3 Å². The molecule has 1 aliphatic rings. The Morgan fingerprint density at radius 1 is 1.23 bits per heavy atom. The third kappa shape index (κ3) is 4.64. The largest absolute Gasteiger partial charge is 0.339 e. The van der Waals surface area contributed by atoms with E-state index in [-0.39, 0.29) is 34.9 Å². The first kappa shape index (κ1) is 22.2. The molecule has 0 aliphatic carbocycles. The van der Waals surface area contributed by atoms with E-state index in [4.69, 9.17) is 0 Å². The molecule has 0 bridgehead atoms. The van der Waals surface area contributed by atoms with Crippen LogP contribution in [0.25, 0.3) is 5.69 Å². The number of aromatic nitrogens is 2. The van der Waals surface area contributed by atoms with Crippen LogP contribution in [0.4, 0.5) is 5.69 Å². The van der Waals surface area contributed by atoms with Gasteiger partial charge in [-0.05, 0) is 52.2 Å². The Labute approximate surface area is 181 Å². The second kappa shape index (κ2) is 9.55. The molecule has 2 atom stereocenters. The number of para-hydroxylation sites is 1. The van der Waals surface area contributed by atoms with Crippen molar-refractivity contribution < 1.29 is 9.59 Å². The lowest BCUT2D eigenvalue weighted by Gasteiger charge is -2.33. The van der Waals surface area contributed by atoms with Crippen molar-refractivity contribution in [3.8, 4) is 5.69 Å². The molecule has 1 aliphatic heterocycles. The molecule has 0 radical (unpaired) electrons. The van der Waals surface area contributed by atoms with Gasteiger partial charge in [0.05, 0.1) is 22.4 Å². The summed E-state index contributed by atoms with van der Waals surface area (Å²) in [5.74, 6) is 0.0701. The van der Waals surface area contributed by atoms with Crippen molar-refractivity contribution in [2.45, 2.75) is 51.3 Å². The van der Waals surface area contributed by atoms with Crippen molar-refractivity contribution in [3.05, 3.63) is 46.4 Å². The van der Waals surface area contributed by atoms with E-state index in [0.717, 1.165) is 31.5 Å². The molecule has 1 aromatic heterocycles. The summed E-state index contributed by atoms with van der Waals surface area (Å²) in [7, 11) is 1.79. The van der Waals surface area contributed by atoms with Gasteiger partial charge < -0.3 is 10.2 Å². The zero-order valence-electron chi connectivity index (χ0n) is 18.1. The summed E-state index contributed by atoms with van der Waals surface area (Å²) in [6.45, 7) is 6.44. The third-order valence-corrected chi connectivity index (χ3v) is 6.88. The lowest BCUT2D eigenvalue weighted by atomic mass is 10.0. The van der Waals surface area contributed by atoms with Gasteiger partial charge in [-0.1, -0.05) is 18.2 Å². The fraction of sp³-hybridized carbons (Fsp3) is 0.500. The molecule has 2 amide bonds. The molecule has 8 heteroatoms. The van der Waals surface area contributed by atoms with Gasteiger partial charge in [-0.15, -0.1) is 11.8 Å². The van der Waals surface area contributed by atoms with E-state index in [1.165, 1.54) is 16.4 Å². The molecule has 0 spiro atoms. The standard InChI is InChI=1S/C22H30N4O3S/c1-15-10-8-9-13-25(15)19(27)14-30-17(3)21(28)23-20-16(2)24(4)26(22(20)29)18-11-6-5-7-12-18/h5-7,11-12,15,17H,8-10,13-14H2,1-4H3,(H,23,28). The average molecular weight is 431 g/mol. The maximum Gasteiger partial charge on any atom is 0.295 e. The van der Waals surface area contributed by atoms with Gasteiger partial charge in [0.2, 0.25) is 11.8 Å². The van der Waals surface area contributed by atoms with Crippen LogP contribution >= 0.6 is 11.8 Å². The monoisotopic (exact) mass is 430 g/mol. The Morgan fingerprint density at radius 2 is 1.93 bits per heavy atom. The van der Waals surface area contributed by atoms with Crippen LogP contribution < -0.4 is 10.9 Å². The number of amides is 2. The van der Waals surface area contributed by atoms with Crippen molar-refractivity contribution in [1.29, 1.82) is 0 Å².